The number of nitrogens with one attached hydrogen (secondary N) is 1. The van der Waals surface area contributed by atoms with E-state index in [1.807, 2.05) is 13.0 Å². The van der Waals surface area contributed by atoms with Crippen molar-refractivity contribution in [3.8, 4) is 0 Å². The van der Waals surface area contributed by atoms with Gasteiger partial charge >= 0.3 is 6.03 Å². The summed E-state index contributed by atoms with van der Waals surface area (Å²) < 4.78 is 14.0. The SMILES string of the molecule is CCCN(CCO)C(=O)NC1c2cccc(F)c2CCC1C. The van der Waals surface area contributed by atoms with Crippen LogP contribution in [0.15, 0.2) is 18.2 Å². The van der Waals surface area contributed by atoms with Crippen molar-refractivity contribution >= 4 is 6.03 Å². The van der Waals surface area contributed by atoms with Crippen LogP contribution in [0.5, 0.6) is 0 Å². The van der Waals surface area contributed by atoms with Crippen molar-refractivity contribution in [1.82, 2.24) is 10.2 Å². The van der Waals surface area contributed by atoms with E-state index in [1.54, 1.807) is 11.0 Å². The number of aliphatic hydroxyl groups is 1. The number of amides is 2. The molecule has 2 N–H and O–H groups in total. The van der Waals surface area contributed by atoms with Gasteiger partial charge in [-0.05, 0) is 42.4 Å². The van der Waals surface area contributed by atoms with Gasteiger partial charge in [0, 0.05) is 13.1 Å². The maximum atomic E-state index is 14.0. The molecule has 2 rings (SSSR count). The van der Waals surface area contributed by atoms with E-state index in [0.717, 1.165) is 24.0 Å². The molecule has 0 bridgehead atoms. The average molecular weight is 308 g/mol. The van der Waals surface area contributed by atoms with Crippen LogP contribution in [-0.4, -0.2) is 35.7 Å². The van der Waals surface area contributed by atoms with Crippen molar-refractivity contribution in [1.29, 1.82) is 0 Å². The molecule has 122 valence electrons. The summed E-state index contributed by atoms with van der Waals surface area (Å²) in [7, 11) is 0. The lowest BCUT2D eigenvalue weighted by Gasteiger charge is -2.34. The number of hydrogen-bond donors (Lipinski definition) is 2. The molecule has 0 radical (unpaired) electrons. The lowest BCUT2D eigenvalue weighted by Crippen LogP contribution is -2.45. The molecule has 1 aromatic rings. The molecule has 0 aliphatic heterocycles. The summed E-state index contributed by atoms with van der Waals surface area (Å²) in [6.07, 6.45) is 2.40. The van der Waals surface area contributed by atoms with Crippen LogP contribution in [0.2, 0.25) is 0 Å². The van der Waals surface area contributed by atoms with Crippen molar-refractivity contribution < 1.29 is 14.3 Å². The first kappa shape index (κ1) is 16.7. The van der Waals surface area contributed by atoms with E-state index in [9.17, 15) is 9.18 Å². The number of fused-ring (bicyclic) bond motifs is 1. The van der Waals surface area contributed by atoms with Gasteiger partial charge in [-0.25, -0.2) is 9.18 Å². The zero-order chi connectivity index (χ0) is 16.1. The smallest absolute Gasteiger partial charge is 0.317 e. The van der Waals surface area contributed by atoms with Gasteiger partial charge < -0.3 is 15.3 Å². The number of benzene rings is 1. The molecule has 4 nitrogen and oxygen atoms in total. The van der Waals surface area contributed by atoms with Gasteiger partial charge in [0.15, 0.2) is 0 Å². The highest BCUT2D eigenvalue weighted by molar-refractivity contribution is 5.75. The summed E-state index contributed by atoms with van der Waals surface area (Å²) in [6.45, 7) is 4.93. The van der Waals surface area contributed by atoms with Crippen LogP contribution in [0.1, 0.15) is 43.9 Å². The van der Waals surface area contributed by atoms with Gasteiger partial charge in [-0.2, -0.15) is 0 Å². The second-order valence-corrected chi connectivity index (χ2v) is 5.96. The maximum Gasteiger partial charge on any atom is 0.317 e. The van der Waals surface area contributed by atoms with Crippen molar-refractivity contribution in [3.63, 3.8) is 0 Å². The van der Waals surface area contributed by atoms with Crippen LogP contribution in [-0.2, 0) is 6.42 Å². The standard InChI is InChI=1S/C17H25FN2O2/c1-3-9-20(10-11-21)17(22)19-16-12(2)7-8-13-14(16)5-4-6-15(13)18/h4-6,12,16,21H,3,7-11H2,1-2H3,(H,19,22). The van der Waals surface area contributed by atoms with Crippen LogP contribution >= 0.6 is 0 Å². The Morgan fingerprint density at radius 1 is 1.45 bits per heavy atom. The number of hydrogen-bond acceptors (Lipinski definition) is 2. The Morgan fingerprint density at radius 2 is 2.23 bits per heavy atom. The third kappa shape index (κ3) is 3.58. The molecular weight excluding hydrogens is 283 g/mol. The molecule has 0 heterocycles. The fourth-order valence-electron chi connectivity index (χ4n) is 3.13. The summed E-state index contributed by atoms with van der Waals surface area (Å²) in [6, 6.07) is 4.70. The highest BCUT2D eigenvalue weighted by atomic mass is 19.1. The van der Waals surface area contributed by atoms with E-state index >= 15 is 0 Å². The third-order valence-corrected chi connectivity index (χ3v) is 4.34. The van der Waals surface area contributed by atoms with E-state index in [4.69, 9.17) is 5.11 Å². The first-order valence-electron chi connectivity index (χ1n) is 8.02. The second-order valence-electron chi connectivity index (χ2n) is 5.96. The lowest BCUT2D eigenvalue weighted by atomic mass is 9.80. The Kier molecular flexibility index (Phi) is 5.77. The monoisotopic (exact) mass is 308 g/mol. The van der Waals surface area contributed by atoms with Crippen LogP contribution in [0, 0.1) is 11.7 Å². The molecule has 1 aliphatic rings. The topological polar surface area (TPSA) is 52.6 Å². The normalized spacial score (nSPS) is 20.4. The van der Waals surface area contributed by atoms with Gasteiger partial charge in [0.2, 0.25) is 0 Å². The number of rotatable bonds is 5. The Morgan fingerprint density at radius 3 is 2.91 bits per heavy atom. The zero-order valence-electron chi connectivity index (χ0n) is 13.3. The number of halogens is 1. The van der Waals surface area contributed by atoms with Crippen molar-refractivity contribution in [3.05, 3.63) is 35.1 Å². The molecule has 0 fully saturated rings. The van der Waals surface area contributed by atoms with Crippen molar-refractivity contribution in [2.75, 3.05) is 19.7 Å². The molecule has 0 saturated heterocycles. The number of urea groups is 1. The Balaban J connectivity index is 2.18. The molecule has 0 saturated carbocycles. The van der Waals surface area contributed by atoms with Crippen LogP contribution in [0.3, 0.4) is 0 Å². The molecule has 2 amide bonds. The fraction of sp³-hybridized carbons (Fsp3) is 0.588. The van der Waals surface area contributed by atoms with E-state index < -0.39 is 0 Å². The molecule has 1 aromatic carbocycles. The molecule has 0 spiro atoms. The molecule has 2 atom stereocenters. The molecule has 2 unspecified atom stereocenters. The van der Waals surface area contributed by atoms with E-state index in [0.29, 0.717) is 19.5 Å². The number of carbonyl (C=O) groups is 1. The first-order chi connectivity index (χ1) is 10.6. The minimum absolute atomic E-state index is 0.0567. The maximum absolute atomic E-state index is 14.0. The summed E-state index contributed by atoms with van der Waals surface area (Å²) in [5, 5.41) is 12.1. The summed E-state index contributed by atoms with van der Waals surface area (Å²) >= 11 is 0. The largest absolute Gasteiger partial charge is 0.395 e. The van der Waals surface area contributed by atoms with Crippen LogP contribution in [0.25, 0.3) is 0 Å². The highest BCUT2D eigenvalue weighted by Crippen LogP contribution is 2.35. The Bertz CT molecular complexity index is 515. The first-order valence-corrected chi connectivity index (χ1v) is 8.02. The molecular formula is C17H25FN2O2. The summed E-state index contributed by atoms with van der Waals surface area (Å²) in [5.41, 5.74) is 1.60. The van der Waals surface area contributed by atoms with Crippen molar-refractivity contribution in [2.24, 2.45) is 5.92 Å². The molecule has 22 heavy (non-hydrogen) atoms. The molecule has 5 heteroatoms. The van der Waals surface area contributed by atoms with Gasteiger partial charge in [0.05, 0.1) is 12.6 Å². The fourth-order valence-corrected chi connectivity index (χ4v) is 3.13. The van der Waals surface area contributed by atoms with Gasteiger partial charge in [-0.15, -0.1) is 0 Å². The zero-order valence-corrected chi connectivity index (χ0v) is 13.3. The number of aliphatic hydroxyl groups excluding tert-OH is 1. The van der Waals surface area contributed by atoms with Gasteiger partial charge in [-0.3, -0.25) is 0 Å². The second kappa shape index (κ2) is 7.58. The minimum atomic E-state index is -0.190. The quantitative estimate of drug-likeness (QED) is 0.879. The summed E-state index contributed by atoms with van der Waals surface area (Å²) in [4.78, 5) is 14.1. The average Bonchev–Trinajstić information content (AvgIpc) is 2.50. The van der Waals surface area contributed by atoms with E-state index in [1.165, 1.54) is 6.07 Å². The highest BCUT2D eigenvalue weighted by Gasteiger charge is 2.30. The van der Waals surface area contributed by atoms with Gasteiger partial charge in [0.1, 0.15) is 5.82 Å². The van der Waals surface area contributed by atoms with Gasteiger partial charge in [0.25, 0.3) is 0 Å². The van der Waals surface area contributed by atoms with Crippen LogP contribution in [0.4, 0.5) is 9.18 Å². The molecule has 0 aromatic heterocycles. The number of carbonyl (C=O) groups excluding carboxylic acids is 1. The minimum Gasteiger partial charge on any atom is -0.395 e. The third-order valence-electron chi connectivity index (χ3n) is 4.34. The molecule has 1 aliphatic carbocycles. The Hall–Kier alpha value is -1.62. The summed E-state index contributed by atoms with van der Waals surface area (Å²) in [5.74, 6) is 0.0697. The predicted molar refractivity (Wildman–Crippen MR) is 84.1 cm³/mol. The lowest BCUT2D eigenvalue weighted by molar-refractivity contribution is 0.169. The predicted octanol–water partition coefficient (Wildman–Crippen LogP) is 2.86. The number of nitrogens with zero attached hydrogens (tertiary/aromatic N) is 1. The van der Waals surface area contributed by atoms with E-state index in [-0.39, 0.29) is 30.4 Å². The van der Waals surface area contributed by atoms with E-state index in [2.05, 4.69) is 12.2 Å². The Labute approximate surface area is 131 Å². The van der Waals surface area contributed by atoms with Crippen molar-refractivity contribution in [2.45, 2.75) is 39.2 Å². The van der Waals surface area contributed by atoms with Gasteiger partial charge in [-0.1, -0.05) is 26.0 Å². The van der Waals surface area contributed by atoms with Crippen LogP contribution < -0.4 is 5.32 Å².